The molecule has 22 heavy (non-hydrogen) atoms. The monoisotopic (exact) mass is 308 g/mol. The van der Waals surface area contributed by atoms with Crippen LogP contribution in [0.5, 0.6) is 0 Å². The van der Waals surface area contributed by atoms with Crippen molar-refractivity contribution in [1.82, 2.24) is 0 Å². The summed E-state index contributed by atoms with van der Waals surface area (Å²) in [7, 11) is 0. The highest BCUT2D eigenvalue weighted by Crippen LogP contribution is 2.10. The van der Waals surface area contributed by atoms with Gasteiger partial charge in [0.05, 0.1) is 0 Å². The van der Waals surface area contributed by atoms with E-state index in [0.717, 1.165) is 11.1 Å². The van der Waals surface area contributed by atoms with E-state index in [1.54, 1.807) is 0 Å². The van der Waals surface area contributed by atoms with Crippen LogP contribution < -0.4 is 0 Å². The molecule has 0 aliphatic rings. The lowest BCUT2D eigenvalue weighted by Crippen LogP contribution is -1.76. The van der Waals surface area contributed by atoms with E-state index in [9.17, 15) is 0 Å². The summed E-state index contributed by atoms with van der Waals surface area (Å²) < 4.78 is 0. The van der Waals surface area contributed by atoms with Gasteiger partial charge in [-0.05, 0) is 11.1 Å². The SMILES string of the molecule is C=Cc1ccccc1C=C.CC.CC.CC.CC.CCCC. The fraction of sp³-hybridized carbons (Fsp3) is 0.545. The maximum Gasteiger partial charge on any atom is -0.0190 e. The van der Waals surface area contributed by atoms with Crippen LogP contribution in [0.3, 0.4) is 0 Å². The highest BCUT2D eigenvalue weighted by molar-refractivity contribution is 5.63. The Balaban J connectivity index is -0.0000000680. The molecule has 1 rings (SSSR count). The first-order chi connectivity index (χ1) is 10.8. The molecule has 0 nitrogen and oxygen atoms in total. The van der Waals surface area contributed by atoms with Crippen molar-refractivity contribution in [2.75, 3.05) is 0 Å². The number of benzene rings is 1. The van der Waals surface area contributed by atoms with Gasteiger partial charge in [0.15, 0.2) is 0 Å². The second-order valence-electron chi connectivity index (χ2n) is 3.04. The minimum absolute atomic E-state index is 1.14. The van der Waals surface area contributed by atoms with Gasteiger partial charge in [-0.25, -0.2) is 0 Å². The molecule has 0 saturated carbocycles. The molecular weight excluding hydrogens is 264 g/mol. The third-order valence-electron chi connectivity index (χ3n) is 1.94. The number of unbranched alkanes of at least 4 members (excludes halogenated alkanes) is 1. The summed E-state index contributed by atoms with van der Waals surface area (Å²) in [5.41, 5.74) is 2.27. The standard InChI is InChI=1S/C10H10.C4H10.4C2H6/c1-3-9-7-5-6-8-10(9)4-2;1-3-4-2;4*1-2/h3-8H,1-2H2;3-4H2,1-2H3;4*1-2H3. The molecule has 0 bridgehead atoms. The smallest absolute Gasteiger partial charge is 0.0190 e. The summed E-state index contributed by atoms with van der Waals surface area (Å²) in [6, 6.07) is 8.02. The summed E-state index contributed by atoms with van der Waals surface area (Å²) in [6.07, 6.45) is 6.30. The van der Waals surface area contributed by atoms with Gasteiger partial charge >= 0.3 is 0 Å². The Morgan fingerprint density at radius 2 is 0.864 bits per heavy atom. The van der Waals surface area contributed by atoms with Crippen molar-refractivity contribution < 1.29 is 0 Å². The summed E-state index contributed by atoms with van der Waals surface area (Å²) in [5, 5.41) is 0. The van der Waals surface area contributed by atoms with Crippen molar-refractivity contribution in [3.8, 4) is 0 Å². The van der Waals surface area contributed by atoms with Gasteiger partial charge in [0.25, 0.3) is 0 Å². The largest absolute Gasteiger partial charge is 0.0984 e. The predicted molar refractivity (Wildman–Crippen MR) is 113 cm³/mol. The Labute approximate surface area is 143 Å². The summed E-state index contributed by atoms with van der Waals surface area (Å²) in [6.45, 7) is 27.7. The molecule has 0 N–H and O–H groups in total. The molecule has 0 aromatic heterocycles. The normalized spacial score (nSPS) is 6.45. The molecule has 0 aliphatic carbocycles. The van der Waals surface area contributed by atoms with Crippen LogP contribution in [0.2, 0.25) is 0 Å². The van der Waals surface area contributed by atoms with Crippen LogP contribution in [0, 0.1) is 0 Å². The Kier molecular flexibility index (Phi) is 63.3. The van der Waals surface area contributed by atoms with Crippen LogP contribution in [0.4, 0.5) is 0 Å². The van der Waals surface area contributed by atoms with Gasteiger partial charge in [0.2, 0.25) is 0 Å². The molecule has 0 radical (unpaired) electrons. The van der Waals surface area contributed by atoms with E-state index >= 15 is 0 Å². The van der Waals surface area contributed by atoms with Crippen molar-refractivity contribution >= 4 is 12.2 Å². The lowest BCUT2D eigenvalue weighted by atomic mass is 10.1. The number of rotatable bonds is 3. The van der Waals surface area contributed by atoms with Crippen LogP contribution in [0.25, 0.3) is 12.2 Å². The van der Waals surface area contributed by atoms with E-state index < -0.39 is 0 Å². The maximum atomic E-state index is 3.69. The number of hydrogen-bond acceptors (Lipinski definition) is 0. The molecule has 0 unspecified atom stereocenters. The zero-order valence-corrected chi connectivity index (χ0v) is 17.3. The third kappa shape index (κ3) is 27.1. The molecule has 0 saturated heterocycles. The highest BCUT2D eigenvalue weighted by Gasteiger charge is 1.89. The first kappa shape index (κ1) is 32.6. The van der Waals surface area contributed by atoms with Crippen LogP contribution in [0.1, 0.15) is 93.2 Å². The Bertz CT molecular complexity index is 242. The zero-order valence-electron chi connectivity index (χ0n) is 17.3. The Morgan fingerprint density at radius 1 is 0.636 bits per heavy atom. The topological polar surface area (TPSA) is 0 Å². The first-order valence-corrected chi connectivity index (χ1v) is 9.14. The average molecular weight is 309 g/mol. The maximum absolute atomic E-state index is 3.69. The second-order valence-corrected chi connectivity index (χ2v) is 3.04. The van der Waals surface area contributed by atoms with Gasteiger partial charge in [0.1, 0.15) is 0 Å². The van der Waals surface area contributed by atoms with Gasteiger partial charge in [-0.3, -0.25) is 0 Å². The van der Waals surface area contributed by atoms with Crippen LogP contribution in [0.15, 0.2) is 37.4 Å². The fourth-order valence-corrected chi connectivity index (χ4v) is 0.883. The Morgan fingerprint density at radius 3 is 1.00 bits per heavy atom. The third-order valence-corrected chi connectivity index (χ3v) is 1.94. The van der Waals surface area contributed by atoms with E-state index in [4.69, 9.17) is 0 Å². The Hall–Kier alpha value is -1.30. The van der Waals surface area contributed by atoms with Crippen LogP contribution in [-0.4, -0.2) is 0 Å². The fourth-order valence-electron chi connectivity index (χ4n) is 0.883. The van der Waals surface area contributed by atoms with Crippen molar-refractivity contribution in [3.63, 3.8) is 0 Å². The second kappa shape index (κ2) is 42.7. The molecule has 0 aliphatic heterocycles. The molecule has 0 amide bonds. The lowest BCUT2D eigenvalue weighted by molar-refractivity contribution is 0.886. The molecular formula is C22H44. The highest BCUT2D eigenvalue weighted by atomic mass is 13.9. The van der Waals surface area contributed by atoms with E-state index in [0.29, 0.717) is 0 Å². The lowest BCUT2D eigenvalue weighted by Gasteiger charge is -1.96. The van der Waals surface area contributed by atoms with Gasteiger partial charge in [-0.1, -0.05) is 132 Å². The molecule has 0 atom stereocenters. The van der Waals surface area contributed by atoms with E-state index in [2.05, 4.69) is 27.0 Å². The minimum atomic E-state index is 1.14. The van der Waals surface area contributed by atoms with Gasteiger partial charge in [-0.2, -0.15) is 0 Å². The van der Waals surface area contributed by atoms with E-state index in [1.807, 2.05) is 91.8 Å². The van der Waals surface area contributed by atoms with Crippen molar-refractivity contribution in [2.24, 2.45) is 0 Å². The van der Waals surface area contributed by atoms with Crippen molar-refractivity contribution in [1.29, 1.82) is 0 Å². The molecule has 1 aromatic rings. The van der Waals surface area contributed by atoms with Crippen LogP contribution in [-0.2, 0) is 0 Å². The molecule has 1 aromatic carbocycles. The zero-order chi connectivity index (χ0) is 18.8. The van der Waals surface area contributed by atoms with Gasteiger partial charge in [0, 0.05) is 0 Å². The van der Waals surface area contributed by atoms with Crippen LogP contribution >= 0.6 is 0 Å². The van der Waals surface area contributed by atoms with Gasteiger partial charge < -0.3 is 0 Å². The first-order valence-electron chi connectivity index (χ1n) is 9.14. The summed E-state index contributed by atoms with van der Waals surface area (Å²) in [4.78, 5) is 0. The molecule has 132 valence electrons. The molecule has 0 heteroatoms. The predicted octanol–water partition coefficient (Wildman–Crippen LogP) is 8.88. The molecule has 0 heterocycles. The average Bonchev–Trinajstić information content (AvgIpc) is 2.68. The number of hydrogen-bond donors (Lipinski definition) is 0. The summed E-state index contributed by atoms with van der Waals surface area (Å²) in [5.74, 6) is 0. The van der Waals surface area contributed by atoms with E-state index in [1.165, 1.54) is 12.8 Å². The van der Waals surface area contributed by atoms with E-state index in [-0.39, 0.29) is 0 Å². The summed E-state index contributed by atoms with van der Waals surface area (Å²) >= 11 is 0. The minimum Gasteiger partial charge on any atom is -0.0984 e. The quantitative estimate of drug-likeness (QED) is 0.523. The molecule has 0 fully saturated rings. The molecule has 0 spiro atoms. The van der Waals surface area contributed by atoms with Gasteiger partial charge in [-0.15, -0.1) is 0 Å². The van der Waals surface area contributed by atoms with Crippen molar-refractivity contribution in [3.05, 3.63) is 48.6 Å². The van der Waals surface area contributed by atoms with Crippen molar-refractivity contribution in [2.45, 2.75) is 82.1 Å².